The van der Waals surface area contributed by atoms with Gasteiger partial charge in [0.15, 0.2) is 0 Å². The zero-order valence-corrected chi connectivity index (χ0v) is 13.4. The lowest BCUT2D eigenvalue weighted by molar-refractivity contribution is -0.136. The largest absolute Gasteiger partial charge is 0.348 e. The number of aromatic amines is 1. The normalized spacial score (nSPS) is 21.0. The van der Waals surface area contributed by atoms with Crippen LogP contribution in [0.5, 0.6) is 0 Å². The Morgan fingerprint density at radius 3 is 2.91 bits per heavy atom. The zero-order valence-electron chi connectivity index (χ0n) is 13.4. The van der Waals surface area contributed by atoms with Crippen molar-refractivity contribution in [3.8, 4) is 0 Å². The maximum absolute atomic E-state index is 13.0. The molecule has 1 aliphatic carbocycles. The Kier molecular flexibility index (Phi) is 3.90. The van der Waals surface area contributed by atoms with Gasteiger partial charge >= 0.3 is 0 Å². The van der Waals surface area contributed by atoms with Crippen molar-refractivity contribution in [1.82, 2.24) is 14.9 Å². The van der Waals surface area contributed by atoms with Gasteiger partial charge < -0.3 is 9.88 Å². The van der Waals surface area contributed by atoms with Crippen molar-refractivity contribution in [3.05, 3.63) is 53.1 Å². The smallest absolute Gasteiger partial charge is 0.226 e. The van der Waals surface area contributed by atoms with Crippen LogP contribution in [0.25, 0.3) is 0 Å². The number of rotatable bonds is 1. The van der Waals surface area contributed by atoms with E-state index in [2.05, 4.69) is 39.1 Å². The number of benzene rings is 1. The first-order chi connectivity index (χ1) is 11.3. The number of nitrogens with one attached hydrogen (secondary N) is 1. The molecule has 4 rings (SSSR count). The third-order valence-corrected chi connectivity index (χ3v) is 5.29. The first-order valence-electron chi connectivity index (χ1n) is 8.68. The van der Waals surface area contributed by atoms with E-state index >= 15 is 0 Å². The molecule has 0 radical (unpaired) electrons. The van der Waals surface area contributed by atoms with E-state index < -0.39 is 0 Å². The van der Waals surface area contributed by atoms with Gasteiger partial charge in [-0.2, -0.15) is 0 Å². The van der Waals surface area contributed by atoms with Gasteiger partial charge in [-0.1, -0.05) is 24.3 Å². The summed E-state index contributed by atoms with van der Waals surface area (Å²) in [6.07, 6.45) is 7.58. The number of amides is 1. The SMILES string of the molecule is O=C(C1CCc2ccccc2C1)N1CCCc2[nH]cnc2CC1. The van der Waals surface area contributed by atoms with Crippen LogP contribution in [0.4, 0.5) is 0 Å². The van der Waals surface area contributed by atoms with Gasteiger partial charge in [0.05, 0.1) is 12.0 Å². The van der Waals surface area contributed by atoms with Gasteiger partial charge in [0.2, 0.25) is 5.91 Å². The Bertz CT molecular complexity index is 706. The molecule has 1 aliphatic heterocycles. The summed E-state index contributed by atoms with van der Waals surface area (Å²) in [5.41, 5.74) is 5.17. The standard InChI is InChI=1S/C19H23N3O/c23-19(16-8-7-14-4-1-2-5-15(14)12-16)22-10-3-6-17-18(9-11-22)21-13-20-17/h1-2,4-5,13,16H,3,6-12H2,(H,20,21). The van der Waals surface area contributed by atoms with E-state index in [0.29, 0.717) is 5.91 Å². The summed E-state index contributed by atoms with van der Waals surface area (Å²) in [5.74, 6) is 0.501. The molecule has 0 saturated heterocycles. The summed E-state index contributed by atoms with van der Waals surface area (Å²) in [7, 11) is 0. The minimum absolute atomic E-state index is 0.156. The topological polar surface area (TPSA) is 49.0 Å². The van der Waals surface area contributed by atoms with Crippen molar-refractivity contribution in [1.29, 1.82) is 0 Å². The molecule has 0 fully saturated rings. The van der Waals surface area contributed by atoms with E-state index in [1.807, 2.05) is 0 Å². The third-order valence-electron chi connectivity index (χ3n) is 5.29. The minimum Gasteiger partial charge on any atom is -0.348 e. The quantitative estimate of drug-likeness (QED) is 0.880. The Balaban J connectivity index is 1.45. The van der Waals surface area contributed by atoms with Crippen LogP contribution in [0.1, 0.15) is 35.4 Å². The average Bonchev–Trinajstić information content (AvgIpc) is 3.00. The molecule has 2 aliphatic rings. The van der Waals surface area contributed by atoms with Crippen LogP contribution >= 0.6 is 0 Å². The zero-order chi connectivity index (χ0) is 15.6. The molecule has 23 heavy (non-hydrogen) atoms. The Morgan fingerprint density at radius 1 is 1.13 bits per heavy atom. The van der Waals surface area contributed by atoms with Gasteiger partial charge in [0, 0.05) is 31.1 Å². The van der Waals surface area contributed by atoms with Crippen molar-refractivity contribution >= 4 is 5.91 Å². The molecule has 1 N–H and O–H groups in total. The van der Waals surface area contributed by atoms with E-state index in [1.54, 1.807) is 6.33 Å². The number of aryl methyl sites for hydroxylation is 2. The monoisotopic (exact) mass is 309 g/mol. The van der Waals surface area contributed by atoms with Gasteiger partial charge in [-0.05, 0) is 43.2 Å². The summed E-state index contributed by atoms with van der Waals surface area (Å²) < 4.78 is 0. The second kappa shape index (κ2) is 6.19. The molecule has 0 spiro atoms. The fourth-order valence-corrected chi connectivity index (χ4v) is 3.97. The molecule has 1 amide bonds. The highest BCUT2D eigenvalue weighted by molar-refractivity contribution is 5.79. The Morgan fingerprint density at radius 2 is 2.00 bits per heavy atom. The van der Waals surface area contributed by atoms with Crippen molar-refractivity contribution in [3.63, 3.8) is 0 Å². The summed E-state index contributed by atoms with van der Waals surface area (Å²) >= 11 is 0. The number of fused-ring (bicyclic) bond motifs is 2. The second-order valence-corrected chi connectivity index (χ2v) is 6.72. The first-order valence-corrected chi connectivity index (χ1v) is 8.68. The van der Waals surface area contributed by atoms with Crippen LogP contribution in [0, 0.1) is 5.92 Å². The molecule has 1 atom stereocenters. The molecule has 0 bridgehead atoms. The molecule has 0 saturated carbocycles. The van der Waals surface area contributed by atoms with Crippen molar-refractivity contribution < 1.29 is 4.79 Å². The fourth-order valence-electron chi connectivity index (χ4n) is 3.97. The molecular formula is C19H23N3O. The number of aromatic nitrogens is 2. The highest BCUT2D eigenvalue weighted by atomic mass is 16.2. The van der Waals surface area contributed by atoms with Gasteiger partial charge in [-0.25, -0.2) is 4.98 Å². The lowest BCUT2D eigenvalue weighted by Crippen LogP contribution is -2.41. The molecular weight excluding hydrogens is 286 g/mol. The highest BCUT2D eigenvalue weighted by Gasteiger charge is 2.28. The van der Waals surface area contributed by atoms with Crippen LogP contribution in [0.2, 0.25) is 0 Å². The van der Waals surface area contributed by atoms with E-state index in [4.69, 9.17) is 0 Å². The van der Waals surface area contributed by atoms with Crippen LogP contribution < -0.4 is 0 Å². The fraction of sp³-hybridized carbons (Fsp3) is 0.474. The molecule has 2 aromatic rings. The van der Waals surface area contributed by atoms with Gasteiger partial charge in [-0.15, -0.1) is 0 Å². The molecule has 4 nitrogen and oxygen atoms in total. The maximum atomic E-state index is 13.0. The van der Waals surface area contributed by atoms with Gasteiger partial charge in [0.25, 0.3) is 0 Å². The van der Waals surface area contributed by atoms with Crippen LogP contribution in [0.3, 0.4) is 0 Å². The molecule has 1 aromatic carbocycles. The summed E-state index contributed by atoms with van der Waals surface area (Å²) in [6, 6.07) is 8.56. The first kappa shape index (κ1) is 14.5. The average molecular weight is 309 g/mol. The summed E-state index contributed by atoms with van der Waals surface area (Å²) in [6.45, 7) is 1.67. The maximum Gasteiger partial charge on any atom is 0.226 e. The number of carbonyl (C=O) groups is 1. The lowest BCUT2D eigenvalue weighted by Gasteiger charge is -2.31. The number of H-pyrrole nitrogens is 1. The lowest BCUT2D eigenvalue weighted by atomic mass is 9.83. The van der Waals surface area contributed by atoms with E-state index in [-0.39, 0.29) is 5.92 Å². The summed E-state index contributed by atoms with van der Waals surface area (Å²) in [4.78, 5) is 22.7. The number of hydrogen-bond donors (Lipinski definition) is 1. The van der Waals surface area contributed by atoms with E-state index in [1.165, 1.54) is 16.8 Å². The predicted octanol–water partition coefficient (Wildman–Crippen LogP) is 2.53. The van der Waals surface area contributed by atoms with Crippen LogP contribution in [0.15, 0.2) is 30.6 Å². The Hall–Kier alpha value is -2.10. The molecule has 120 valence electrons. The van der Waals surface area contributed by atoms with Crippen LogP contribution in [-0.2, 0) is 30.5 Å². The van der Waals surface area contributed by atoms with Gasteiger partial charge in [-0.3, -0.25) is 4.79 Å². The molecule has 2 heterocycles. The molecule has 1 aromatic heterocycles. The van der Waals surface area contributed by atoms with Crippen molar-refractivity contribution in [2.45, 2.75) is 38.5 Å². The Labute approximate surface area is 136 Å². The number of nitrogens with zero attached hydrogens (tertiary/aromatic N) is 2. The van der Waals surface area contributed by atoms with E-state index in [9.17, 15) is 4.79 Å². The predicted molar refractivity (Wildman–Crippen MR) is 89.1 cm³/mol. The molecule has 4 heteroatoms. The van der Waals surface area contributed by atoms with Crippen molar-refractivity contribution in [2.75, 3.05) is 13.1 Å². The molecule has 1 unspecified atom stereocenters. The third kappa shape index (κ3) is 2.90. The van der Waals surface area contributed by atoms with E-state index in [0.717, 1.165) is 57.3 Å². The number of hydrogen-bond acceptors (Lipinski definition) is 2. The van der Waals surface area contributed by atoms with Gasteiger partial charge in [0.1, 0.15) is 0 Å². The minimum atomic E-state index is 0.156. The number of imidazole rings is 1. The highest BCUT2D eigenvalue weighted by Crippen LogP contribution is 2.27. The second-order valence-electron chi connectivity index (χ2n) is 6.72. The van der Waals surface area contributed by atoms with Crippen molar-refractivity contribution in [2.24, 2.45) is 5.92 Å². The summed E-state index contributed by atoms with van der Waals surface area (Å²) in [5, 5.41) is 0. The number of carbonyl (C=O) groups excluding carboxylic acids is 1. The van der Waals surface area contributed by atoms with Crippen LogP contribution in [-0.4, -0.2) is 33.9 Å².